The molecule has 3 N–H and O–H groups in total. The number of nitrogens with zero attached hydrogens (tertiary/aromatic N) is 5. The molecule has 0 atom stereocenters. The average Bonchev–Trinajstić information content (AvgIpc) is 2.59. The second-order valence-electron chi connectivity index (χ2n) is 6.88. The summed E-state index contributed by atoms with van der Waals surface area (Å²) in [5, 5.41) is 11.4. The highest BCUT2D eigenvalue weighted by atomic mass is 16.6. The van der Waals surface area contributed by atoms with Crippen LogP contribution < -0.4 is 5.73 Å². The van der Waals surface area contributed by atoms with Gasteiger partial charge in [0.05, 0.1) is 5.56 Å². The highest BCUT2D eigenvalue weighted by molar-refractivity contribution is 6.06. The summed E-state index contributed by atoms with van der Waals surface area (Å²) < 4.78 is 5.41. The van der Waals surface area contributed by atoms with Gasteiger partial charge in [-0.05, 0) is 32.9 Å². The Morgan fingerprint density at radius 2 is 2.04 bits per heavy atom. The molecule has 2 rings (SSSR count). The molecule has 26 heavy (non-hydrogen) atoms. The summed E-state index contributed by atoms with van der Waals surface area (Å²) in [5.41, 5.74) is 6.10. The number of anilines is 1. The van der Waals surface area contributed by atoms with Gasteiger partial charge in [0.2, 0.25) is 0 Å². The van der Waals surface area contributed by atoms with Gasteiger partial charge in [-0.15, -0.1) is 0 Å². The van der Waals surface area contributed by atoms with E-state index in [0.717, 1.165) is 0 Å². The highest BCUT2D eigenvalue weighted by Gasteiger charge is 2.29. The molecule has 1 fully saturated rings. The molecule has 142 valence electrons. The number of piperazine rings is 1. The van der Waals surface area contributed by atoms with Crippen LogP contribution in [0.1, 0.15) is 26.3 Å². The Bertz CT molecular complexity index is 676. The monoisotopic (exact) mass is 361 g/mol. The molecule has 0 radical (unpaired) electrons. The number of hydrogen-bond donors (Lipinski definition) is 2. The number of pyridine rings is 1. The molecule has 0 spiro atoms. The van der Waals surface area contributed by atoms with Gasteiger partial charge < -0.3 is 15.4 Å². The normalized spacial score (nSPS) is 16.3. The van der Waals surface area contributed by atoms with Crippen LogP contribution in [0.25, 0.3) is 0 Å². The van der Waals surface area contributed by atoms with Gasteiger partial charge in [-0.3, -0.25) is 10.4 Å². The maximum absolute atomic E-state index is 12.2. The Balaban J connectivity index is 2.07. The Kier molecular flexibility index (Phi) is 6.14. The molecule has 9 nitrogen and oxygen atoms in total. The largest absolute Gasteiger partial charge is 0.444 e. The fourth-order valence-electron chi connectivity index (χ4n) is 2.65. The Hall–Kier alpha value is -2.68. The smallest absolute Gasteiger partial charge is 0.410 e. The molecule has 9 heteroatoms. The van der Waals surface area contributed by atoms with Crippen molar-refractivity contribution in [3.8, 4) is 0 Å². The lowest BCUT2D eigenvalue weighted by molar-refractivity contribution is -0.000924. The number of nitrogens with two attached hydrogens (primary N) is 1. The molecular weight excluding hydrogens is 334 g/mol. The molecule has 0 saturated carbocycles. The Labute approximate surface area is 153 Å². The van der Waals surface area contributed by atoms with Crippen molar-refractivity contribution in [2.24, 2.45) is 4.99 Å². The van der Waals surface area contributed by atoms with E-state index in [2.05, 4.69) is 9.98 Å². The summed E-state index contributed by atoms with van der Waals surface area (Å²) in [4.78, 5) is 22.2. The quantitative estimate of drug-likeness (QED) is 0.622. The van der Waals surface area contributed by atoms with Gasteiger partial charge in [-0.1, -0.05) is 0 Å². The minimum atomic E-state index is -0.519. The number of nitrogen functional groups attached to an aromatic ring is 1. The number of amides is 1. The fourth-order valence-corrected chi connectivity index (χ4v) is 2.65. The highest BCUT2D eigenvalue weighted by Crippen LogP contribution is 2.16. The minimum absolute atomic E-state index is 0.320. The van der Waals surface area contributed by atoms with Crippen molar-refractivity contribution in [2.75, 3.05) is 39.0 Å². The molecule has 1 aromatic rings. The third-order valence-electron chi connectivity index (χ3n) is 3.84. The van der Waals surface area contributed by atoms with Crippen LogP contribution >= 0.6 is 0 Å². The summed E-state index contributed by atoms with van der Waals surface area (Å²) >= 11 is 0. The van der Waals surface area contributed by atoms with Crippen LogP contribution in [-0.2, 0) is 4.74 Å². The maximum atomic E-state index is 12.2. The number of rotatable bonds is 3. The third-order valence-corrected chi connectivity index (χ3v) is 3.84. The van der Waals surface area contributed by atoms with Crippen LogP contribution in [0.4, 0.5) is 10.6 Å². The zero-order valence-corrected chi connectivity index (χ0v) is 15.8. The van der Waals surface area contributed by atoms with E-state index < -0.39 is 5.60 Å². The van der Waals surface area contributed by atoms with Gasteiger partial charge in [0.15, 0.2) is 5.84 Å². The molecule has 2 heterocycles. The number of hydrogen-bond acceptors (Lipinski definition) is 7. The minimum Gasteiger partial charge on any atom is -0.444 e. The number of hydrazine groups is 1. The summed E-state index contributed by atoms with van der Waals surface area (Å²) in [7, 11) is 1.65. The molecule has 0 bridgehead atoms. The summed E-state index contributed by atoms with van der Waals surface area (Å²) in [6, 6.07) is 3.59. The van der Waals surface area contributed by atoms with E-state index in [1.807, 2.05) is 31.8 Å². The van der Waals surface area contributed by atoms with Crippen LogP contribution in [0.15, 0.2) is 23.3 Å². The van der Waals surface area contributed by atoms with Gasteiger partial charge in [-0.25, -0.2) is 19.8 Å². The van der Waals surface area contributed by atoms with Gasteiger partial charge >= 0.3 is 6.09 Å². The summed E-state index contributed by atoms with van der Waals surface area (Å²) in [6.07, 6.45) is 2.48. The van der Waals surface area contributed by atoms with Crippen LogP contribution in [0.2, 0.25) is 0 Å². The fraction of sp³-hybridized carbons (Fsp3) is 0.529. The molecule has 0 aromatic carbocycles. The molecule has 1 aliphatic heterocycles. The lowest BCUT2D eigenvalue weighted by Crippen LogP contribution is -2.56. The first-order chi connectivity index (χ1) is 12.3. The predicted octanol–water partition coefficient (Wildman–Crippen LogP) is 1.42. The van der Waals surface area contributed by atoms with Crippen molar-refractivity contribution < 1.29 is 9.53 Å². The van der Waals surface area contributed by atoms with E-state index in [4.69, 9.17) is 15.9 Å². The molecule has 0 unspecified atom stereocenters. The number of carbonyl (C=O) groups is 1. The number of aromatic nitrogens is 1. The molecule has 1 aromatic heterocycles. The zero-order valence-electron chi connectivity index (χ0n) is 15.8. The summed E-state index contributed by atoms with van der Waals surface area (Å²) in [5.74, 6) is 0.892. The standard InChI is InChI=1S/C17H27N7O2/c1-17(2,3)26-16(25)22-8-10-23(11-9-22)24(12-18)15(20-4)13-6-5-7-21-14(13)19/h5-7,12,18H,8-11H2,1-4H3,(H2,19,21). The lowest BCUT2D eigenvalue weighted by atomic mass is 10.2. The van der Waals surface area contributed by atoms with E-state index in [1.165, 1.54) is 6.34 Å². The molecular formula is C17H27N7O2. The van der Waals surface area contributed by atoms with E-state index in [0.29, 0.717) is 43.4 Å². The van der Waals surface area contributed by atoms with E-state index in [1.54, 1.807) is 29.2 Å². The van der Waals surface area contributed by atoms with Crippen molar-refractivity contribution >= 4 is 24.1 Å². The number of aliphatic imine (C=N–C) groups is 1. The van der Waals surface area contributed by atoms with Gasteiger partial charge in [0.25, 0.3) is 0 Å². The number of ether oxygens (including phenoxy) is 1. The first-order valence-corrected chi connectivity index (χ1v) is 8.47. The molecule has 0 aliphatic carbocycles. The third kappa shape index (κ3) is 4.69. The second kappa shape index (κ2) is 8.13. The van der Waals surface area contributed by atoms with Crippen molar-refractivity contribution in [1.29, 1.82) is 5.41 Å². The first-order valence-electron chi connectivity index (χ1n) is 8.47. The Morgan fingerprint density at radius 1 is 1.38 bits per heavy atom. The summed E-state index contributed by atoms with van der Waals surface area (Å²) in [6.45, 7) is 7.64. The van der Waals surface area contributed by atoms with Crippen molar-refractivity contribution in [3.05, 3.63) is 23.9 Å². The van der Waals surface area contributed by atoms with Crippen LogP contribution in [0, 0.1) is 5.41 Å². The van der Waals surface area contributed by atoms with Gasteiger partial charge in [0.1, 0.15) is 17.8 Å². The van der Waals surface area contributed by atoms with E-state index in [-0.39, 0.29) is 6.09 Å². The predicted molar refractivity (Wildman–Crippen MR) is 101 cm³/mol. The average molecular weight is 361 g/mol. The van der Waals surface area contributed by atoms with Crippen molar-refractivity contribution in [2.45, 2.75) is 26.4 Å². The van der Waals surface area contributed by atoms with Crippen LogP contribution in [0.3, 0.4) is 0 Å². The molecule has 1 aliphatic rings. The zero-order chi connectivity index (χ0) is 19.3. The van der Waals surface area contributed by atoms with Crippen molar-refractivity contribution in [3.63, 3.8) is 0 Å². The topological polar surface area (TPSA) is 111 Å². The van der Waals surface area contributed by atoms with E-state index >= 15 is 0 Å². The Morgan fingerprint density at radius 3 is 2.54 bits per heavy atom. The second-order valence-corrected chi connectivity index (χ2v) is 6.88. The van der Waals surface area contributed by atoms with Gasteiger partial charge in [0, 0.05) is 39.4 Å². The first kappa shape index (κ1) is 19.6. The number of nitrogens with one attached hydrogen (secondary N) is 1. The lowest BCUT2D eigenvalue weighted by Gasteiger charge is -2.40. The number of amidine groups is 1. The van der Waals surface area contributed by atoms with E-state index in [9.17, 15) is 4.79 Å². The van der Waals surface area contributed by atoms with Gasteiger partial charge in [-0.2, -0.15) is 0 Å². The van der Waals surface area contributed by atoms with Crippen LogP contribution in [-0.4, -0.2) is 77.0 Å². The molecule has 1 amide bonds. The SMILES string of the molecule is CN=C(c1cccnc1N)N(C=N)N1CCN(C(=O)OC(C)(C)C)CC1. The number of carbonyl (C=O) groups excluding carboxylic acids is 1. The van der Waals surface area contributed by atoms with Crippen LogP contribution in [0.5, 0.6) is 0 Å². The maximum Gasteiger partial charge on any atom is 0.410 e. The van der Waals surface area contributed by atoms with Crippen molar-refractivity contribution in [1.82, 2.24) is 19.9 Å². The molecule has 1 saturated heterocycles.